The van der Waals surface area contributed by atoms with Crippen LogP contribution >= 0.6 is 0 Å². The molecule has 0 aromatic rings. The number of allylic oxidation sites excluding steroid dienone is 1. The van der Waals surface area contributed by atoms with E-state index >= 15 is 0 Å². The Morgan fingerprint density at radius 2 is 2.36 bits per heavy atom. The lowest BCUT2D eigenvalue weighted by atomic mass is 10.1. The third-order valence-electron chi connectivity index (χ3n) is 1.92. The first kappa shape index (κ1) is 8.56. The van der Waals surface area contributed by atoms with Crippen LogP contribution in [0.1, 0.15) is 19.8 Å². The minimum absolute atomic E-state index is 0.0580. The minimum atomic E-state index is 0.0580. The topological polar surface area (TPSA) is 41.5 Å². The van der Waals surface area contributed by atoms with E-state index in [1.807, 2.05) is 6.92 Å². The molecule has 2 N–H and O–H groups in total. The fourth-order valence-electron chi connectivity index (χ4n) is 0.837. The lowest BCUT2D eigenvalue weighted by Gasteiger charge is -2.12. The van der Waals surface area contributed by atoms with Crippen molar-refractivity contribution in [3.8, 4) is 0 Å². The van der Waals surface area contributed by atoms with Gasteiger partial charge in [0.2, 0.25) is 0 Å². The van der Waals surface area contributed by atoms with E-state index in [2.05, 4.69) is 12.1 Å². The zero-order valence-corrected chi connectivity index (χ0v) is 6.89. The molecule has 3 heteroatoms. The van der Waals surface area contributed by atoms with E-state index in [0.29, 0.717) is 6.61 Å². The highest BCUT2D eigenvalue weighted by Gasteiger charge is 2.42. The van der Waals surface area contributed by atoms with E-state index in [9.17, 15) is 0 Å². The monoisotopic (exact) mass is 157 g/mol. The van der Waals surface area contributed by atoms with Crippen molar-refractivity contribution in [3.63, 3.8) is 0 Å². The quantitative estimate of drug-likeness (QED) is 0.580. The smallest absolute Gasteiger partial charge is 0.0824 e. The zero-order chi connectivity index (χ0) is 8.32. The SMILES string of the molecule is C=C(C)NOCC1(CO)CC1. The van der Waals surface area contributed by atoms with Crippen molar-refractivity contribution < 1.29 is 9.94 Å². The molecule has 0 heterocycles. The summed E-state index contributed by atoms with van der Waals surface area (Å²) < 4.78 is 0. The highest BCUT2D eigenvalue weighted by molar-refractivity contribution is 4.92. The van der Waals surface area contributed by atoms with Gasteiger partial charge in [0.1, 0.15) is 0 Å². The summed E-state index contributed by atoms with van der Waals surface area (Å²) in [5.41, 5.74) is 3.52. The maximum absolute atomic E-state index is 8.89. The average Bonchev–Trinajstić information content (AvgIpc) is 2.69. The van der Waals surface area contributed by atoms with E-state index in [4.69, 9.17) is 9.94 Å². The Hall–Kier alpha value is -0.540. The third kappa shape index (κ3) is 2.52. The van der Waals surface area contributed by atoms with E-state index in [1.54, 1.807) is 0 Å². The molecule has 0 aromatic carbocycles. The van der Waals surface area contributed by atoms with Crippen molar-refractivity contribution in [2.75, 3.05) is 13.2 Å². The second kappa shape index (κ2) is 3.24. The van der Waals surface area contributed by atoms with Gasteiger partial charge in [0.15, 0.2) is 0 Å². The molecule has 0 aliphatic heterocycles. The molecule has 0 unspecified atom stereocenters. The summed E-state index contributed by atoms with van der Waals surface area (Å²) >= 11 is 0. The Labute approximate surface area is 67.0 Å². The van der Waals surface area contributed by atoms with Gasteiger partial charge in [-0.25, -0.2) is 0 Å². The van der Waals surface area contributed by atoms with Crippen LogP contribution in [0.3, 0.4) is 0 Å². The second-order valence-corrected chi connectivity index (χ2v) is 3.33. The number of hydroxylamine groups is 1. The summed E-state index contributed by atoms with van der Waals surface area (Å²) in [6, 6.07) is 0. The van der Waals surface area contributed by atoms with Crippen molar-refractivity contribution in [2.45, 2.75) is 19.8 Å². The normalized spacial score (nSPS) is 19.5. The van der Waals surface area contributed by atoms with Gasteiger partial charge in [0, 0.05) is 11.1 Å². The molecule has 0 amide bonds. The van der Waals surface area contributed by atoms with Gasteiger partial charge in [0.05, 0.1) is 13.2 Å². The highest BCUT2D eigenvalue weighted by atomic mass is 16.6. The van der Waals surface area contributed by atoms with Crippen molar-refractivity contribution in [2.24, 2.45) is 5.41 Å². The fourth-order valence-corrected chi connectivity index (χ4v) is 0.837. The Morgan fingerprint density at radius 3 is 2.73 bits per heavy atom. The first-order valence-electron chi connectivity index (χ1n) is 3.83. The molecule has 0 aromatic heterocycles. The molecule has 1 aliphatic carbocycles. The van der Waals surface area contributed by atoms with Crippen LogP contribution in [0.15, 0.2) is 12.3 Å². The van der Waals surface area contributed by atoms with E-state index < -0.39 is 0 Å². The molecule has 1 aliphatic rings. The van der Waals surface area contributed by atoms with Crippen LogP contribution in [0.2, 0.25) is 0 Å². The summed E-state index contributed by atoms with van der Waals surface area (Å²) in [5, 5.41) is 8.89. The van der Waals surface area contributed by atoms with Crippen molar-refractivity contribution in [1.29, 1.82) is 0 Å². The summed E-state index contributed by atoms with van der Waals surface area (Å²) in [7, 11) is 0. The van der Waals surface area contributed by atoms with Gasteiger partial charge in [-0.15, -0.1) is 0 Å². The lowest BCUT2D eigenvalue weighted by molar-refractivity contribution is 0.0115. The van der Waals surface area contributed by atoms with Crippen LogP contribution in [-0.2, 0) is 4.84 Å². The van der Waals surface area contributed by atoms with Crippen molar-refractivity contribution >= 4 is 0 Å². The molecule has 1 rings (SSSR count). The molecular formula is C8H15NO2. The van der Waals surface area contributed by atoms with E-state index in [-0.39, 0.29) is 12.0 Å². The second-order valence-electron chi connectivity index (χ2n) is 3.33. The lowest BCUT2D eigenvalue weighted by Crippen LogP contribution is -2.21. The van der Waals surface area contributed by atoms with Crippen LogP contribution in [-0.4, -0.2) is 18.3 Å². The number of hydrogen-bond donors (Lipinski definition) is 2. The molecule has 0 bridgehead atoms. The average molecular weight is 157 g/mol. The first-order valence-corrected chi connectivity index (χ1v) is 3.83. The summed E-state index contributed by atoms with van der Waals surface area (Å²) in [4.78, 5) is 5.10. The summed E-state index contributed by atoms with van der Waals surface area (Å²) in [6.45, 7) is 6.26. The van der Waals surface area contributed by atoms with Crippen molar-refractivity contribution in [3.05, 3.63) is 12.3 Å². The summed E-state index contributed by atoms with van der Waals surface area (Å²) in [5.74, 6) is 0. The Morgan fingerprint density at radius 1 is 1.73 bits per heavy atom. The largest absolute Gasteiger partial charge is 0.396 e. The molecule has 64 valence electrons. The number of rotatable bonds is 5. The predicted molar refractivity (Wildman–Crippen MR) is 42.7 cm³/mol. The van der Waals surface area contributed by atoms with Crippen LogP contribution in [0.25, 0.3) is 0 Å². The molecule has 1 saturated carbocycles. The Balaban J connectivity index is 2.07. The molecule has 11 heavy (non-hydrogen) atoms. The zero-order valence-electron chi connectivity index (χ0n) is 6.89. The standard InChI is InChI=1S/C8H15NO2/c1-7(2)9-11-6-8(5-10)3-4-8/h9-10H,1,3-6H2,2H3. The van der Waals surface area contributed by atoms with Gasteiger partial charge in [-0.3, -0.25) is 10.3 Å². The van der Waals surface area contributed by atoms with Gasteiger partial charge in [0.25, 0.3) is 0 Å². The number of nitrogens with one attached hydrogen (secondary N) is 1. The van der Waals surface area contributed by atoms with Gasteiger partial charge >= 0.3 is 0 Å². The molecule has 3 nitrogen and oxygen atoms in total. The fraction of sp³-hybridized carbons (Fsp3) is 0.750. The van der Waals surface area contributed by atoms with Crippen LogP contribution < -0.4 is 5.48 Å². The van der Waals surface area contributed by atoms with Crippen LogP contribution in [0.4, 0.5) is 0 Å². The Kier molecular flexibility index (Phi) is 2.52. The highest BCUT2D eigenvalue weighted by Crippen LogP contribution is 2.44. The molecule has 0 atom stereocenters. The number of aliphatic hydroxyl groups is 1. The van der Waals surface area contributed by atoms with Gasteiger partial charge in [-0.1, -0.05) is 6.58 Å². The van der Waals surface area contributed by atoms with E-state index in [1.165, 1.54) is 0 Å². The molecule has 0 saturated heterocycles. The van der Waals surface area contributed by atoms with E-state index in [0.717, 1.165) is 18.5 Å². The maximum atomic E-state index is 8.89. The van der Waals surface area contributed by atoms with Crippen LogP contribution in [0, 0.1) is 5.41 Å². The molecule has 1 fully saturated rings. The van der Waals surface area contributed by atoms with Gasteiger partial charge in [-0.2, -0.15) is 0 Å². The van der Waals surface area contributed by atoms with Crippen LogP contribution in [0.5, 0.6) is 0 Å². The molecular weight excluding hydrogens is 142 g/mol. The summed E-state index contributed by atoms with van der Waals surface area (Å²) in [6.07, 6.45) is 2.14. The Bertz CT molecular complexity index is 152. The molecule has 0 spiro atoms. The molecule has 0 radical (unpaired) electrons. The van der Waals surface area contributed by atoms with Gasteiger partial charge < -0.3 is 5.11 Å². The maximum Gasteiger partial charge on any atom is 0.0824 e. The van der Waals surface area contributed by atoms with Crippen molar-refractivity contribution in [1.82, 2.24) is 5.48 Å². The number of hydrogen-bond acceptors (Lipinski definition) is 3. The predicted octanol–water partition coefficient (Wildman–Crippen LogP) is 0.814. The number of aliphatic hydroxyl groups excluding tert-OH is 1. The minimum Gasteiger partial charge on any atom is -0.396 e. The first-order chi connectivity index (χ1) is 5.18. The third-order valence-corrected chi connectivity index (χ3v) is 1.92. The van der Waals surface area contributed by atoms with Gasteiger partial charge in [-0.05, 0) is 19.8 Å².